The zero-order chi connectivity index (χ0) is 22.3. The molecule has 0 aliphatic carbocycles. The zero-order valence-electron chi connectivity index (χ0n) is 18.2. The summed E-state index contributed by atoms with van der Waals surface area (Å²) in [6.45, 7) is 5.99. The Bertz CT molecular complexity index is 936. The van der Waals surface area contributed by atoms with Crippen molar-refractivity contribution in [3.05, 3.63) is 94.3 Å². The third-order valence-electron chi connectivity index (χ3n) is 5.68. The van der Waals surface area contributed by atoms with Crippen molar-refractivity contribution in [3.8, 4) is 0 Å². The zero-order valence-corrected chi connectivity index (χ0v) is 19.0. The van der Waals surface area contributed by atoms with Crippen molar-refractivity contribution < 1.29 is 14.3 Å². The topological polar surface area (TPSA) is 40.5 Å². The molecule has 5 heteroatoms. The average Bonchev–Trinajstić information content (AvgIpc) is 2.77. The molecule has 31 heavy (non-hydrogen) atoms. The first kappa shape index (κ1) is 23.1. The smallest absolute Gasteiger partial charge is 0.338 e. The Morgan fingerprint density at radius 2 is 1.84 bits per heavy atom. The van der Waals surface area contributed by atoms with Gasteiger partial charge in [0.05, 0.1) is 10.6 Å². The molecule has 1 N–H and O–H groups in total. The van der Waals surface area contributed by atoms with Crippen LogP contribution in [0.1, 0.15) is 37.8 Å². The summed E-state index contributed by atoms with van der Waals surface area (Å²) in [4.78, 5) is 14.0. The van der Waals surface area contributed by atoms with Gasteiger partial charge in [-0.3, -0.25) is 0 Å². The highest BCUT2D eigenvalue weighted by Crippen LogP contribution is 2.32. The van der Waals surface area contributed by atoms with Gasteiger partial charge in [-0.05, 0) is 59.8 Å². The average molecular weight is 440 g/mol. The highest BCUT2D eigenvalue weighted by atomic mass is 32.2. The lowest BCUT2D eigenvalue weighted by molar-refractivity contribution is -0.132. The van der Waals surface area contributed by atoms with Crippen molar-refractivity contribution >= 4 is 17.7 Å². The molecule has 0 bridgehead atoms. The van der Waals surface area contributed by atoms with Gasteiger partial charge in [0, 0.05) is 13.1 Å². The standard InChI is InChI=1S/C26H30FNO2S/c1-26(2,21-9-4-3-5-10-21)16-18-28-17-6-11-23(25(29)30)24(28)31-19-7-8-20-12-14-22(27)15-13-20/h3-6,9-15H,7-8,16-19H2,1-2H3,(H,29,30). The summed E-state index contributed by atoms with van der Waals surface area (Å²) in [7, 11) is 0. The van der Waals surface area contributed by atoms with E-state index in [0.717, 1.165) is 48.7 Å². The number of carboxylic acid groups (broad SMARTS) is 1. The SMILES string of the molecule is CC(C)(CCN1CC=CC(C(=O)O)=C1SCCCc1ccc(F)cc1)c1ccccc1. The molecule has 3 rings (SSSR count). The highest BCUT2D eigenvalue weighted by molar-refractivity contribution is 8.03. The Hall–Kier alpha value is -2.53. The van der Waals surface area contributed by atoms with Gasteiger partial charge in [0.15, 0.2) is 0 Å². The second kappa shape index (κ2) is 10.7. The lowest BCUT2D eigenvalue weighted by Crippen LogP contribution is -2.32. The van der Waals surface area contributed by atoms with E-state index in [1.165, 1.54) is 17.7 Å². The van der Waals surface area contributed by atoms with Crippen molar-refractivity contribution in [1.82, 2.24) is 4.90 Å². The van der Waals surface area contributed by atoms with Gasteiger partial charge in [0.2, 0.25) is 0 Å². The molecule has 3 nitrogen and oxygen atoms in total. The molecular weight excluding hydrogens is 409 g/mol. The van der Waals surface area contributed by atoms with Gasteiger partial charge >= 0.3 is 5.97 Å². The van der Waals surface area contributed by atoms with Gasteiger partial charge in [0.1, 0.15) is 5.82 Å². The minimum absolute atomic E-state index is 0.00414. The summed E-state index contributed by atoms with van der Waals surface area (Å²) in [5.41, 5.74) is 2.76. The third-order valence-corrected chi connectivity index (χ3v) is 6.93. The van der Waals surface area contributed by atoms with E-state index >= 15 is 0 Å². The predicted octanol–water partition coefficient (Wildman–Crippen LogP) is 6.03. The van der Waals surface area contributed by atoms with Crippen LogP contribution in [0.3, 0.4) is 0 Å². The largest absolute Gasteiger partial charge is 0.478 e. The molecule has 164 valence electrons. The fourth-order valence-corrected chi connectivity index (χ4v) is 4.83. The maximum atomic E-state index is 13.1. The Labute approximate surface area is 188 Å². The maximum Gasteiger partial charge on any atom is 0.338 e. The van der Waals surface area contributed by atoms with E-state index < -0.39 is 5.97 Å². The Balaban J connectivity index is 1.63. The van der Waals surface area contributed by atoms with Crippen molar-refractivity contribution in [3.63, 3.8) is 0 Å². The quantitative estimate of drug-likeness (QED) is 0.459. The van der Waals surface area contributed by atoms with Gasteiger partial charge in [0.25, 0.3) is 0 Å². The minimum atomic E-state index is -0.885. The number of halogens is 1. The first-order chi connectivity index (χ1) is 14.9. The number of benzene rings is 2. The van der Waals surface area contributed by atoms with E-state index in [9.17, 15) is 14.3 Å². The van der Waals surface area contributed by atoms with Crippen LogP contribution in [-0.4, -0.2) is 34.8 Å². The van der Waals surface area contributed by atoms with Crippen LogP contribution in [0.25, 0.3) is 0 Å². The number of hydrogen-bond acceptors (Lipinski definition) is 3. The molecule has 2 aromatic rings. The molecule has 0 radical (unpaired) electrons. The molecule has 0 saturated heterocycles. The van der Waals surface area contributed by atoms with Gasteiger partial charge in [-0.1, -0.05) is 62.4 Å². The van der Waals surface area contributed by atoms with E-state index in [4.69, 9.17) is 0 Å². The first-order valence-electron chi connectivity index (χ1n) is 10.7. The Morgan fingerprint density at radius 1 is 1.13 bits per heavy atom. The van der Waals surface area contributed by atoms with Crippen LogP contribution in [0.4, 0.5) is 4.39 Å². The highest BCUT2D eigenvalue weighted by Gasteiger charge is 2.25. The molecule has 0 fully saturated rings. The molecule has 0 amide bonds. The maximum absolute atomic E-state index is 13.1. The number of carbonyl (C=O) groups is 1. The predicted molar refractivity (Wildman–Crippen MR) is 127 cm³/mol. The molecule has 0 atom stereocenters. The fraction of sp³-hybridized carbons (Fsp3) is 0.346. The molecule has 0 saturated carbocycles. The number of aryl methyl sites for hydroxylation is 1. The second-order valence-corrected chi connectivity index (χ2v) is 9.53. The molecule has 1 aliphatic heterocycles. The van der Waals surface area contributed by atoms with Crippen LogP contribution in [0.5, 0.6) is 0 Å². The Morgan fingerprint density at radius 3 is 2.52 bits per heavy atom. The van der Waals surface area contributed by atoms with Crippen LogP contribution >= 0.6 is 11.8 Å². The summed E-state index contributed by atoms with van der Waals surface area (Å²) in [5.74, 6) is -0.294. The molecule has 0 unspecified atom stereocenters. The molecule has 0 spiro atoms. The molecule has 1 aliphatic rings. The second-order valence-electron chi connectivity index (χ2n) is 8.45. The number of aliphatic carboxylic acids is 1. The molecule has 0 aromatic heterocycles. The van der Waals surface area contributed by atoms with E-state index in [-0.39, 0.29) is 11.2 Å². The van der Waals surface area contributed by atoms with Gasteiger partial charge in [-0.15, -0.1) is 11.8 Å². The number of rotatable bonds is 10. The number of thioether (sulfide) groups is 1. The van der Waals surface area contributed by atoms with Crippen molar-refractivity contribution in [2.24, 2.45) is 0 Å². The van der Waals surface area contributed by atoms with Crippen LogP contribution < -0.4 is 0 Å². The van der Waals surface area contributed by atoms with Crippen LogP contribution in [0.2, 0.25) is 0 Å². The van der Waals surface area contributed by atoms with Crippen molar-refractivity contribution in [2.45, 2.75) is 38.5 Å². The van der Waals surface area contributed by atoms with E-state index in [1.807, 2.05) is 24.3 Å². The van der Waals surface area contributed by atoms with Crippen molar-refractivity contribution in [1.29, 1.82) is 0 Å². The number of hydrogen-bond donors (Lipinski definition) is 1. The summed E-state index contributed by atoms with van der Waals surface area (Å²) in [6, 6.07) is 17.0. The van der Waals surface area contributed by atoms with Crippen LogP contribution in [-0.2, 0) is 16.6 Å². The summed E-state index contributed by atoms with van der Waals surface area (Å²) in [6.07, 6.45) is 6.34. The lowest BCUT2D eigenvalue weighted by Gasteiger charge is -2.33. The summed E-state index contributed by atoms with van der Waals surface area (Å²) in [5, 5.41) is 10.6. The van der Waals surface area contributed by atoms with Crippen LogP contribution in [0, 0.1) is 5.82 Å². The lowest BCUT2D eigenvalue weighted by atomic mass is 9.81. The molecule has 2 aromatic carbocycles. The van der Waals surface area contributed by atoms with Gasteiger partial charge in [-0.2, -0.15) is 0 Å². The monoisotopic (exact) mass is 439 g/mol. The Kier molecular flexibility index (Phi) is 7.97. The molecule has 1 heterocycles. The summed E-state index contributed by atoms with van der Waals surface area (Å²) < 4.78 is 13.1. The van der Waals surface area contributed by atoms with E-state index in [0.29, 0.717) is 5.57 Å². The minimum Gasteiger partial charge on any atom is -0.478 e. The van der Waals surface area contributed by atoms with Crippen LogP contribution in [0.15, 0.2) is 77.4 Å². The first-order valence-corrected chi connectivity index (χ1v) is 11.7. The summed E-state index contributed by atoms with van der Waals surface area (Å²) >= 11 is 1.61. The van der Waals surface area contributed by atoms with E-state index in [1.54, 1.807) is 17.8 Å². The number of nitrogens with zero attached hydrogens (tertiary/aromatic N) is 1. The fourth-order valence-electron chi connectivity index (χ4n) is 3.69. The number of carboxylic acids is 1. The molecular formula is C26H30FNO2S. The van der Waals surface area contributed by atoms with Gasteiger partial charge < -0.3 is 10.0 Å². The third kappa shape index (κ3) is 6.47. The van der Waals surface area contributed by atoms with E-state index in [2.05, 4.69) is 43.0 Å². The normalized spacial score (nSPS) is 14.2. The van der Waals surface area contributed by atoms with Gasteiger partial charge in [-0.25, -0.2) is 9.18 Å². The van der Waals surface area contributed by atoms with Crippen molar-refractivity contribution in [2.75, 3.05) is 18.8 Å².